The average Bonchev–Trinajstić information content (AvgIpc) is 2.97. The summed E-state index contributed by atoms with van der Waals surface area (Å²) in [5.74, 6) is -0.574. The molecule has 0 saturated carbocycles. The number of hydrogen-bond acceptors (Lipinski definition) is 3. The molecule has 0 radical (unpaired) electrons. The van der Waals surface area contributed by atoms with Gasteiger partial charge in [0.2, 0.25) is 5.91 Å². The van der Waals surface area contributed by atoms with Crippen LogP contribution in [0.5, 0.6) is 0 Å². The first-order valence-electron chi connectivity index (χ1n) is 10.2. The van der Waals surface area contributed by atoms with Crippen LogP contribution in [-0.4, -0.2) is 39.7 Å². The van der Waals surface area contributed by atoms with Crippen molar-refractivity contribution in [2.45, 2.75) is 58.0 Å². The number of imide groups is 2. The fourth-order valence-electron chi connectivity index (χ4n) is 3.92. The lowest BCUT2D eigenvalue weighted by molar-refractivity contribution is -0.135. The minimum Gasteiger partial charge on any atom is -0.274 e. The lowest BCUT2D eigenvalue weighted by atomic mass is 9.92. The van der Waals surface area contributed by atoms with Crippen LogP contribution in [0.15, 0.2) is 60.7 Å². The molecule has 1 heterocycles. The third-order valence-electron chi connectivity index (χ3n) is 5.49. The van der Waals surface area contributed by atoms with Gasteiger partial charge in [-0.05, 0) is 37.3 Å². The molecule has 4 amide bonds. The van der Waals surface area contributed by atoms with Gasteiger partial charge in [-0.15, -0.1) is 0 Å². The Balaban J connectivity index is 1.87. The third-order valence-corrected chi connectivity index (χ3v) is 5.49. The second kappa shape index (κ2) is 9.03. The van der Waals surface area contributed by atoms with Crippen molar-refractivity contribution in [3.63, 3.8) is 0 Å². The van der Waals surface area contributed by atoms with Gasteiger partial charge in [-0.1, -0.05) is 67.6 Å². The number of rotatable bonds is 7. The van der Waals surface area contributed by atoms with Gasteiger partial charge >= 0.3 is 6.03 Å². The molecule has 2 aromatic rings. The van der Waals surface area contributed by atoms with Crippen LogP contribution < -0.4 is 0 Å². The highest BCUT2D eigenvalue weighted by Gasteiger charge is 2.49. The molecule has 1 fully saturated rings. The first kappa shape index (κ1) is 20.8. The predicted octanol–water partition coefficient (Wildman–Crippen LogP) is 4.38. The molecule has 0 bridgehead atoms. The van der Waals surface area contributed by atoms with Gasteiger partial charge in [-0.25, -0.2) is 4.79 Å². The van der Waals surface area contributed by atoms with E-state index in [4.69, 9.17) is 0 Å². The van der Waals surface area contributed by atoms with Crippen LogP contribution in [0.1, 0.15) is 50.7 Å². The van der Waals surface area contributed by atoms with Gasteiger partial charge in [0, 0.05) is 18.9 Å². The number of amides is 4. The van der Waals surface area contributed by atoms with Crippen molar-refractivity contribution in [1.29, 1.82) is 0 Å². The molecule has 152 valence electrons. The van der Waals surface area contributed by atoms with Crippen molar-refractivity contribution in [2.24, 2.45) is 0 Å². The lowest BCUT2D eigenvalue weighted by Crippen LogP contribution is -2.42. The largest absolute Gasteiger partial charge is 0.334 e. The molecule has 3 rings (SSSR count). The van der Waals surface area contributed by atoms with E-state index in [9.17, 15) is 14.4 Å². The summed E-state index contributed by atoms with van der Waals surface area (Å²) in [4.78, 5) is 41.7. The first-order valence-corrected chi connectivity index (χ1v) is 10.2. The molecule has 0 aromatic heterocycles. The van der Waals surface area contributed by atoms with Crippen LogP contribution in [0, 0.1) is 0 Å². The van der Waals surface area contributed by atoms with Gasteiger partial charge in [0.25, 0.3) is 5.91 Å². The Kier molecular flexibility index (Phi) is 6.47. The second-order valence-corrected chi connectivity index (χ2v) is 7.77. The Bertz CT molecular complexity index is 864. The molecule has 0 spiro atoms. The van der Waals surface area contributed by atoms with E-state index in [0.29, 0.717) is 6.42 Å². The van der Waals surface area contributed by atoms with E-state index >= 15 is 0 Å². The molecule has 0 N–H and O–H groups in total. The Hall–Kier alpha value is -2.95. The fraction of sp³-hybridized carbons (Fsp3) is 0.375. The Morgan fingerprint density at radius 1 is 0.966 bits per heavy atom. The van der Waals surface area contributed by atoms with Gasteiger partial charge in [0.1, 0.15) is 6.04 Å². The summed E-state index contributed by atoms with van der Waals surface area (Å²) < 4.78 is 0. The van der Waals surface area contributed by atoms with Crippen LogP contribution in [0.4, 0.5) is 4.79 Å². The summed E-state index contributed by atoms with van der Waals surface area (Å²) in [6.45, 7) is 5.62. The molecule has 1 saturated heterocycles. The van der Waals surface area contributed by atoms with Crippen molar-refractivity contribution in [2.75, 3.05) is 0 Å². The molecule has 1 aliphatic heterocycles. The maximum atomic E-state index is 13.2. The van der Waals surface area contributed by atoms with E-state index in [1.54, 1.807) is 13.8 Å². The van der Waals surface area contributed by atoms with Crippen molar-refractivity contribution < 1.29 is 14.4 Å². The maximum absolute atomic E-state index is 13.2. The molecule has 0 aliphatic carbocycles. The molecule has 2 atom stereocenters. The average molecular weight is 392 g/mol. The number of carbonyl (C=O) groups is 3. The van der Waals surface area contributed by atoms with Crippen molar-refractivity contribution in [1.82, 2.24) is 9.80 Å². The standard InChI is InChI=1S/C24H28N2O3/c1-4-19(20-13-9-6-10-14-20)16-22(27)26-21(15-18-11-7-5-8-12-18)23(28)25(17(2)3)24(26)29/h5-14,17,19,21H,4,15-16H2,1-3H3/t19-,21-/m0/s1. The minimum atomic E-state index is -0.784. The molecule has 5 nitrogen and oxygen atoms in total. The number of benzene rings is 2. The van der Waals surface area contributed by atoms with E-state index in [1.807, 2.05) is 67.6 Å². The van der Waals surface area contributed by atoms with Gasteiger partial charge in [-0.3, -0.25) is 19.4 Å². The first-order chi connectivity index (χ1) is 13.9. The topological polar surface area (TPSA) is 57.7 Å². The van der Waals surface area contributed by atoms with Gasteiger partial charge in [-0.2, -0.15) is 0 Å². The highest BCUT2D eigenvalue weighted by atomic mass is 16.2. The smallest absolute Gasteiger partial charge is 0.274 e. The zero-order chi connectivity index (χ0) is 21.0. The number of urea groups is 1. The molecule has 1 aliphatic rings. The van der Waals surface area contributed by atoms with Crippen molar-refractivity contribution in [3.8, 4) is 0 Å². The van der Waals surface area contributed by atoms with E-state index in [-0.39, 0.29) is 30.2 Å². The molecular weight excluding hydrogens is 364 g/mol. The summed E-state index contributed by atoms with van der Waals surface area (Å²) in [6, 6.07) is 17.8. The molecular formula is C24H28N2O3. The highest BCUT2D eigenvalue weighted by molar-refractivity contribution is 6.12. The molecule has 0 unspecified atom stereocenters. The summed E-state index contributed by atoms with van der Waals surface area (Å²) in [5.41, 5.74) is 2.00. The molecule has 5 heteroatoms. The van der Waals surface area contributed by atoms with Crippen LogP contribution in [0.3, 0.4) is 0 Å². The minimum absolute atomic E-state index is 0.0112. The zero-order valence-corrected chi connectivity index (χ0v) is 17.2. The number of carbonyl (C=O) groups excluding carboxylic acids is 3. The van der Waals surface area contributed by atoms with Crippen LogP contribution in [0.25, 0.3) is 0 Å². The van der Waals surface area contributed by atoms with E-state index in [2.05, 4.69) is 0 Å². The van der Waals surface area contributed by atoms with Crippen molar-refractivity contribution in [3.05, 3.63) is 71.8 Å². The number of nitrogens with zero attached hydrogens (tertiary/aromatic N) is 2. The zero-order valence-electron chi connectivity index (χ0n) is 17.2. The van der Waals surface area contributed by atoms with Crippen LogP contribution >= 0.6 is 0 Å². The third kappa shape index (κ3) is 4.39. The summed E-state index contributed by atoms with van der Waals surface area (Å²) in [7, 11) is 0. The Morgan fingerprint density at radius 3 is 2.10 bits per heavy atom. The second-order valence-electron chi connectivity index (χ2n) is 7.77. The summed E-state index contributed by atoms with van der Waals surface area (Å²) in [6.07, 6.45) is 1.32. The van der Waals surface area contributed by atoms with E-state index < -0.39 is 12.1 Å². The monoisotopic (exact) mass is 392 g/mol. The number of hydrogen-bond donors (Lipinski definition) is 0. The lowest BCUT2D eigenvalue weighted by Gasteiger charge is -2.23. The Labute approximate surface area is 172 Å². The molecule has 2 aromatic carbocycles. The predicted molar refractivity (Wildman–Crippen MR) is 112 cm³/mol. The quantitative estimate of drug-likeness (QED) is 0.657. The van der Waals surface area contributed by atoms with E-state index in [0.717, 1.165) is 17.5 Å². The highest BCUT2D eigenvalue weighted by Crippen LogP contribution is 2.29. The Morgan fingerprint density at radius 2 is 1.55 bits per heavy atom. The molecule has 29 heavy (non-hydrogen) atoms. The van der Waals surface area contributed by atoms with Gasteiger partial charge < -0.3 is 0 Å². The van der Waals surface area contributed by atoms with Crippen molar-refractivity contribution >= 4 is 17.8 Å². The maximum Gasteiger partial charge on any atom is 0.334 e. The van der Waals surface area contributed by atoms with Gasteiger partial charge in [0.05, 0.1) is 0 Å². The normalized spacial score (nSPS) is 17.9. The summed E-state index contributed by atoms with van der Waals surface area (Å²) >= 11 is 0. The van der Waals surface area contributed by atoms with Gasteiger partial charge in [0.15, 0.2) is 0 Å². The van der Waals surface area contributed by atoms with E-state index in [1.165, 1.54) is 9.80 Å². The summed E-state index contributed by atoms with van der Waals surface area (Å²) in [5, 5.41) is 0. The fourth-order valence-corrected chi connectivity index (χ4v) is 3.92. The SMILES string of the molecule is CC[C@@H](CC(=O)N1C(=O)N(C(C)C)C(=O)[C@@H]1Cc1ccccc1)c1ccccc1. The van der Waals surface area contributed by atoms with Crippen LogP contribution in [-0.2, 0) is 16.0 Å². The van der Waals surface area contributed by atoms with Crippen LogP contribution in [0.2, 0.25) is 0 Å².